The van der Waals surface area contributed by atoms with Gasteiger partial charge in [0.25, 0.3) is 0 Å². The van der Waals surface area contributed by atoms with Gasteiger partial charge in [-0.2, -0.15) is 13.2 Å². The second kappa shape index (κ2) is 3.96. The summed E-state index contributed by atoms with van der Waals surface area (Å²) in [7, 11) is 0. The van der Waals surface area contributed by atoms with Crippen molar-refractivity contribution in [1.82, 2.24) is 4.98 Å². The van der Waals surface area contributed by atoms with Crippen molar-refractivity contribution in [3.8, 4) is 0 Å². The lowest BCUT2D eigenvalue weighted by Gasteiger charge is -2.21. The van der Waals surface area contributed by atoms with E-state index in [9.17, 15) is 13.2 Å². The zero-order valence-electron chi connectivity index (χ0n) is 8.67. The highest BCUT2D eigenvalue weighted by atomic mass is 19.4. The highest BCUT2D eigenvalue weighted by Gasteiger charge is 2.37. The molecule has 5 heteroatoms. The third-order valence-electron chi connectivity index (χ3n) is 2.68. The smallest absolute Gasteiger partial charge is 0.369 e. The molecular weight excluding hydrogens is 217 g/mol. The van der Waals surface area contributed by atoms with Crippen molar-refractivity contribution in [1.29, 1.82) is 0 Å². The predicted octanol–water partition coefficient (Wildman–Crippen LogP) is 2.76. The van der Waals surface area contributed by atoms with Crippen LogP contribution in [0, 0.1) is 12.8 Å². The molecule has 0 aromatic carbocycles. The summed E-state index contributed by atoms with van der Waals surface area (Å²) >= 11 is 0. The standard InChI is InChI=1S/C11H12F3N2/c1-8-4-6-16(7-8)9-3-2-5-15-10(9)11(12,13)14/h2-3,5,8H,1,4,6-7H2/t8-/m1/s1. The molecule has 0 unspecified atom stereocenters. The van der Waals surface area contributed by atoms with Crippen LogP contribution in [0.1, 0.15) is 12.1 Å². The summed E-state index contributed by atoms with van der Waals surface area (Å²) < 4.78 is 38.1. The van der Waals surface area contributed by atoms with Gasteiger partial charge in [-0.25, -0.2) is 4.98 Å². The molecule has 16 heavy (non-hydrogen) atoms. The molecule has 1 atom stereocenters. The summed E-state index contributed by atoms with van der Waals surface area (Å²) in [6, 6.07) is 2.99. The number of alkyl halides is 3. The molecule has 0 N–H and O–H groups in total. The van der Waals surface area contributed by atoms with Gasteiger partial charge < -0.3 is 4.90 Å². The first-order chi connectivity index (χ1) is 7.48. The lowest BCUT2D eigenvalue weighted by atomic mass is 10.2. The third kappa shape index (κ3) is 2.13. The van der Waals surface area contributed by atoms with Crippen molar-refractivity contribution in [2.75, 3.05) is 18.0 Å². The van der Waals surface area contributed by atoms with E-state index in [1.165, 1.54) is 18.3 Å². The molecule has 2 nitrogen and oxygen atoms in total. The molecule has 0 aliphatic carbocycles. The molecule has 1 saturated heterocycles. The summed E-state index contributed by atoms with van der Waals surface area (Å²) in [6.45, 7) is 5.04. The Morgan fingerprint density at radius 3 is 2.75 bits per heavy atom. The number of aromatic nitrogens is 1. The molecule has 2 rings (SSSR count). The lowest BCUT2D eigenvalue weighted by molar-refractivity contribution is -0.140. The maximum atomic E-state index is 12.7. The lowest BCUT2D eigenvalue weighted by Crippen LogP contribution is -2.23. The van der Waals surface area contributed by atoms with Crippen molar-refractivity contribution in [3.05, 3.63) is 30.9 Å². The van der Waals surface area contributed by atoms with Gasteiger partial charge in [0.2, 0.25) is 0 Å². The first kappa shape index (κ1) is 11.2. The van der Waals surface area contributed by atoms with E-state index in [1.54, 1.807) is 4.90 Å². The van der Waals surface area contributed by atoms with Crippen molar-refractivity contribution >= 4 is 5.69 Å². The molecule has 0 spiro atoms. The average molecular weight is 229 g/mol. The topological polar surface area (TPSA) is 16.1 Å². The Bertz CT molecular complexity index is 376. The Labute approximate surface area is 92.1 Å². The Morgan fingerprint density at radius 2 is 2.19 bits per heavy atom. The number of nitrogens with zero attached hydrogens (tertiary/aromatic N) is 2. The number of rotatable bonds is 1. The zero-order valence-corrected chi connectivity index (χ0v) is 8.67. The summed E-state index contributed by atoms with van der Waals surface area (Å²) in [4.78, 5) is 5.13. The summed E-state index contributed by atoms with van der Waals surface area (Å²) in [5.74, 6) is 0.196. The molecule has 2 heterocycles. The molecule has 1 aromatic rings. The molecule has 1 fully saturated rings. The Kier molecular flexibility index (Phi) is 2.78. The second-order valence-electron chi connectivity index (χ2n) is 3.97. The molecule has 0 amide bonds. The second-order valence-corrected chi connectivity index (χ2v) is 3.97. The molecule has 1 aliphatic rings. The van der Waals surface area contributed by atoms with E-state index < -0.39 is 11.9 Å². The van der Waals surface area contributed by atoms with Gasteiger partial charge in [-0.1, -0.05) is 0 Å². The molecule has 1 aromatic heterocycles. The third-order valence-corrected chi connectivity index (χ3v) is 2.68. The van der Waals surface area contributed by atoms with Crippen LogP contribution in [0.3, 0.4) is 0 Å². The fourth-order valence-corrected chi connectivity index (χ4v) is 1.92. The molecule has 87 valence electrons. The van der Waals surface area contributed by atoms with E-state index in [-0.39, 0.29) is 11.6 Å². The van der Waals surface area contributed by atoms with E-state index >= 15 is 0 Å². The fraction of sp³-hybridized carbons (Fsp3) is 0.455. The zero-order chi connectivity index (χ0) is 11.8. The van der Waals surface area contributed by atoms with Crippen LogP contribution in [0.25, 0.3) is 0 Å². The van der Waals surface area contributed by atoms with Gasteiger partial charge >= 0.3 is 6.18 Å². The normalized spacial score (nSPS) is 21.5. The Balaban J connectivity index is 2.34. The summed E-state index contributed by atoms with van der Waals surface area (Å²) in [6.07, 6.45) is -2.40. The number of hydrogen-bond acceptors (Lipinski definition) is 2. The van der Waals surface area contributed by atoms with Gasteiger partial charge in [-0.05, 0) is 31.4 Å². The maximum absolute atomic E-state index is 12.7. The highest BCUT2D eigenvalue weighted by molar-refractivity contribution is 5.52. The molecule has 1 radical (unpaired) electrons. The van der Waals surface area contributed by atoms with Gasteiger partial charge in [0, 0.05) is 19.3 Å². The molecule has 0 bridgehead atoms. The number of halogens is 3. The van der Waals surface area contributed by atoms with Gasteiger partial charge in [-0.15, -0.1) is 0 Å². The minimum atomic E-state index is -4.39. The average Bonchev–Trinajstić information content (AvgIpc) is 2.64. The van der Waals surface area contributed by atoms with Crippen LogP contribution in [0.2, 0.25) is 0 Å². The Morgan fingerprint density at radius 1 is 1.44 bits per heavy atom. The van der Waals surface area contributed by atoms with Crippen molar-refractivity contribution in [2.24, 2.45) is 5.92 Å². The fourth-order valence-electron chi connectivity index (χ4n) is 1.92. The van der Waals surface area contributed by atoms with E-state index in [4.69, 9.17) is 0 Å². The van der Waals surface area contributed by atoms with Crippen molar-refractivity contribution in [2.45, 2.75) is 12.6 Å². The molecule has 0 saturated carbocycles. The van der Waals surface area contributed by atoms with Crippen LogP contribution in [-0.2, 0) is 6.18 Å². The largest absolute Gasteiger partial charge is 0.435 e. The molecule has 1 aliphatic heterocycles. The van der Waals surface area contributed by atoms with E-state index in [0.717, 1.165) is 6.42 Å². The predicted molar refractivity (Wildman–Crippen MR) is 54.9 cm³/mol. The summed E-state index contributed by atoms with van der Waals surface area (Å²) in [5, 5.41) is 0. The maximum Gasteiger partial charge on any atom is 0.435 e. The van der Waals surface area contributed by atoms with E-state index in [2.05, 4.69) is 11.9 Å². The first-order valence-corrected chi connectivity index (χ1v) is 5.08. The van der Waals surface area contributed by atoms with Crippen LogP contribution in [0.4, 0.5) is 18.9 Å². The van der Waals surface area contributed by atoms with Crippen molar-refractivity contribution < 1.29 is 13.2 Å². The van der Waals surface area contributed by atoms with Gasteiger partial charge in [0.1, 0.15) is 0 Å². The van der Waals surface area contributed by atoms with Crippen LogP contribution in [-0.4, -0.2) is 18.1 Å². The van der Waals surface area contributed by atoms with Crippen LogP contribution in [0.15, 0.2) is 18.3 Å². The van der Waals surface area contributed by atoms with E-state index in [0.29, 0.717) is 13.1 Å². The van der Waals surface area contributed by atoms with Gasteiger partial charge in [0.15, 0.2) is 5.69 Å². The minimum Gasteiger partial charge on any atom is -0.369 e. The monoisotopic (exact) mass is 229 g/mol. The minimum absolute atomic E-state index is 0.168. The van der Waals surface area contributed by atoms with E-state index in [1.807, 2.05) is 0 Å². The summed E-state index contributed by atoms with van der Waals surface area (Å²) in [5.41, 5.74) is -0.634. The SMILES string of the molecule is [CH2][C@@H]1CCN(c2cccnc2C(F)(F)F)C1. The number of hydrogen-bond donors (Lipinski definition) is 0. The number of anilines is 1. The van der Waals surface area contributed by atoms with Gasteiger partial charge in [-0.3, -0.25) is 0 Å². The highest BCUT2D eigenvalue weighted by Crippen LogP contribution is 2.36. The quantitative estimate of drug-likeness (QED) is 0.736. The van der Waals surface area contributed by atoms with Crippen LogP contribution in [0.5, 0.6) is 0 Å². The first-order valence-electron chi connectivity index (χ1n) is 5.08. The van der Waals surface area contributed by atoms with Crippen LogP contribution >= 0.6 is 0 Å². The van der Waals surface area contributed by atoms with Gasteiger partial charge in [0.05, 0.1) is 5.69 Å². The Hall–Kier alpha value is -1.26. The molecular formula is C11H12F3N2. The van der Waals surface area contributed by atoms with Crippen LogP contribution < -0.4 is 4.90 Å². The van der Waals surface area contributed by atoms with Crippen molar-refractivity contribution in [3.63, 3.8) is 0 Å². The number of pyridine rings is 1.